The van der Waals surface area contributed by atoms with Crippen molar-refractivity contribution in [3.05, 3.63) is 18.0 Å². The lowest BCUT2D eigenvalue weighted by Crippen LogP contribution is -2.16. The first-order valence-electron chi connectivity index (χ1n) is 2.96. The van der Waals surface area contributed by atoms with E-state index in [1.807, 2.05) is 0 Å². The molecule has 1 heterocycles. The number of nitrogens with two attached hydrogens (primary N) is 1. The van der Waals surface area contributed by atoms with E-state index in [9.17, 15) is 8.42 Å². The second-order valence-corrected chi connectivity index (χ2v) is 3.87. The van der Waals surface area contributed by atoms with Crippen molar-refractivity contribution in [2.45, 2.75) is 5.75 Å². The molecule has 1 aromatic heterocycles. The zero-order chi connectivity index (χ0) is 8.48. The van der Waals surface area contributed by atoms with E-state index >= 15 is 0 Å². The van der Waals surface area contributed by atoms with Crippen molar-refractivity contribution < 1.29 is 8.42 Å². The lowest BCUT2D eigenvalue weighted by atomic mass is 10.5. The van der Waals surface area contributed by atoms with Crippen molar-refractivity contribution in [3.8, 4) is 0 Å². The quantitative estimate of drug-likeness (QED) is 0.639. The fraction of sp³-hybridized carbons (Fsp3) is 0.400. The molecule has 0 saturated carbocycles. The van der Waals surface area contributed by atoms with E-state index in [-0.39, 0.29) is 5.75 Å². The lowest BCUT2D eigenvalue weighted by Gasteiger charge is -1.97. The molecule has 0 fully saturated rings. The molecule has 11 heavy (non-hydrogen) atoms. The molecule has 0 aliphatic heterocycles. The molecule has 0 amide bonds. The monoisotopic (exact) mass is 175 g/mol. The maximum atomic E-state index is 10.6. The molecule has 0 radical (unpaired) electrons. The first-order valence-corrected chi connectivity index (χ1v) is 4.68. The Morgan fingerprint density at radius 3 is 2.73 bits per heavy atom. The van der Waals surface area contributed by atoms with Crippen molar-refractivity contribution in [1.82, 2.24) is 9.78 Å². The highest BCUT2D eigenvalue weighted by atomic mass is 32.2. The van der Waals surface area contributed by atoms with Crippen LogP contribution in [0.15, 0.2) is 12.3 Å². The fourth-order valence-corrected chi connectivity index (χ4v) is 1.44. The first kappa shape index (κ1) is 8.22. The van der Waals surface area contributed by atoms with Gasteiger partial charge in [-0.3, -0.25) is 4.68 Å². The van der Waals surface area contributed by atoms with Crippen molar-refractivity contribution >= 4 is 10.0 Å². The van der Waals surface area contributed by atoms with Gasteiger partial charge < -0.3 is 0 Å². The maximum Gasteiger partial charge on any atom is 0.214 e. The summed E-state index contributed by atoms with van der Waals surface area (Å²) in [5.74, 6) is -0.163. The Kier molecular flexibility index (Phi) is 1.97. The van der Waals surface area contributed by atoms with E-state index in [0.29, 0.717) is 5.69 Å². The van der Waals surface area contributed by atoms with Crippen LogP contribution in [0.4, 0.5) is 0 Å². The fourth-order valence-electron chi connectivity index (χ4n) is 0.749. The molecule has 5 nitrogen and oxygen atoms in total. The summed E-state index contributed by atoms with van der Waals surface area (Å²) in [7, 11) is -1.76. The number of aryl methyl sites for hydroxylation is 1. The first-order chi connectivity index (χ1) is 4.99. The highest BCUT2D eigenvalue weighted by Gasteiger charge is 2.07. The van der Waals surface area contributed by atoms with Gasteiger partial charge in [0.1, 0.15) is 5.75 Å². The molecule has 0 aliphatic rings. The van der Waals surface area contributed by atoms with E-state index in [1.54, 1.807) is 13.1 Å². The van der Waals surface area contributed by atoms with Gasteiger partial charge in [0, 0.05) is 13.2 Å². The van der Waals surface area contributed by atoms with Crippen LogP contribution in [0.3, 0.4) is 0 Å². The zero-order valence-corrected chi connectivity index (χ0v) is 6.87. The van der Waals surface area contributed by atoms with Crippen LogP contribution in [-0.4, -0.2) is 18.2 Å². The number of hydrogen-bond donors (Lipinski definition) is 1. The van der Waals surface area contributed by atoms with Gasteiger partial charge in [0.05, 0.1) is 5.69 Å². The van der Waals surface area contributed by atoms with E-state index in [4.69, 9.17) is 5.14 Å². The van der Waals surface area contributed by atoms with Crippen LogP contribution >= 0.6 is 0 Å². The van der Waals surface area contributed by atoms with Gasteiger partial charge in [-0.1, -0.05) is 0 Å². The summed E-state index contributed by atoms with van der Waals surface area (Å²) in [6.45, 7) is 0. The van der Waals surface area contributed by atoms with Crippen LogP contribution in [0.5, 0.6) is 0 Å². The van der Waals surface area contributed by atoms with Crippen LogP contribution in [0.25, 0.3) is 0 Å². The summed E-state index contributed by atoms with van der Waals surface area (Å²) in [6.07, 6.45) is 1.53. The predicted molar refractivity (Wildman–Crippen MR) is 40.0 cm³/mol. The number of rotatable bonds is 2. The summed E-state index contributed by atoms with van der Waals surface area (Å²) >= 11 is 0. The standard InChI is InChI=1S/C5H9N3O2S/c1-8-5(2-3-7-8)4-11(6,9)10/h2-3H,4H2,1H3,(H2,6,9,10). The summed E-state index contributed by atoms with van der Waals surface area (Å²) in [6, 6.07) is 1.62. The highest BCUT2D eigenvalue weighted by molar-refractivity contribution is 7.88. The molecule has 1 rings (SSSR count). The number of aromatic nitrogens is 2. The Balaban J connectivity index is 2.89. The topological polar surface area (TPSA) is 78.0 Å². The largest absolute Gasteiger partial charge is 0.272 e. The third-order valence-electron chi connectivity index (χ3n) is 1.27. The van der Waals surface area contributed by atoms with Gasteiger partial charge in [0.15, 0.2) is 0 Å². The van der Waals surface area contributed by atoms with Gasteiger partial charge in [-0.15, -0.1) is 0 Å². The van der Waals surface area contributed by atoms with Crippen molar-refractivity contribution in [1.29, 1.82) is 0 Å². The minimum Gasteiger partial charge on any atom is -0.272 e. The second-order valence-electron chi connectivity index (χ2n) is 2.25. The van der Waals surface area contributed by atoms with E-state index in [2.05, 4.69) is 5.10 Å². The number of nitrogens with zero attached hydrogens (tertiary/aromatic N) is 2. The molecule has 0 aromatic carbocycles. The maximum absolute atomic E-state index is 10.6. The normalized spacial score (nSPS) is 11.8. The molecule has 0 bridgehead atoms. The SMILES string of the molecule is Cn1nccc1CS(N)(=O)=O. The van der Waals surface area contributed by atoms with E-state index in [0.717, 1.165) is 0 Å². The number of primary sulfonamides is 1. The Bertz CT molecular complexity index is 340. The summed E-state index contributed by atoms with van der Waals surface area (Å²) in [4.78, 5) is 0. The number of sulfonamides is 1. The summed E-state index contributed by atoms with van der Waals surface area (Å²) in [5.41, 5.74) is 0.590. The molecule has 0 spiro atoms. The van der Waals surface area contributed by atoms with Crippen molar-refractivity contribution in [2.24, 2.45) is 12.2 Å². The van der Waals surface area contributed by atoms with E-state index < -0.39 is 10.0 Å². The Hall–Kier alpha value is -0.880. The van der Waals surface area contributed by atoms with Crippen molar-refractivity contribution in [2.75, 3.05) is 0 Å². The highest BCUT2D eigenvalue weighted by Crippen LogP contribution is 1.99. The van der Waals surface area contributed by atoms with Gasteiger partial charge in [-0.2, -0.15) is 5.10 Å². The zero-order valence-electron chi connectivity index (χ0n) is 6.06. The Morgan fingerprint density at radius 1 is 1.73 bits per heavy atom. The third-order valence-corrected chi connectivity index (χ3v) is 1.97. The smallest absolute Gasteiger partial charge is 0.214 e. The van der Waals surface area contributed by atoms with E-state index in [1.165, 1.54) is 10.9 Å². The molecular formula is C5H9N3O2S. The molecule has 0 aliphatic carbocycles. The average molecular weight is 175 g/mol. The van der Waals surface area contributed by atoms with Crippen LogP contribution in [0.2, 0.25) is 0 Å². The molecule has 0 atom stereocenters. The van der Waals surface area contributed by atoms with Gasteiger partial charge in [0.2, 0.25) is 10.0 Å². The predicted octanol–water partition coefficient (Wildman–Crippen LogP) is -0.791. The van der Waals surface area contributed by atoms with Crippen LogP contribution in [0.1, 0.15) is 5.69 Å². The molecular weight excluding hydrogens is 166 g/mol. The average Bonchev–Trinajstić information content (AvgIpc) is 2.12. The molecule has 62 valence electrons. The molecule has 2 N–H and O–H groups in total. The van der Waals surface area contributed by atoms with Gasteiger partial charge in [0.25, 0.3) is 0 Å². The Labute approximate surface area is 64.9 Å². The molecule has 0 saturated heterocycles. The van der Waals surface area contributed by atoms with Gasteiger partial charge in [-0.05, 0) is 6.07 Å². The molecule has 6 heteroatoms. The van der Waals surface area contributed by atoms with Crippen molar-refractivity contribution in [3.63, 3.8) is 0 Å². The molecule has 0 unspecified atom stereocenters. The minimum atomic E-state index is -3.43. The third kappa shape index (κ3) is 2.32. The number of hydrogen-bond acceptors (Lipinski definition) is 3. The van der Waals surface area contributed by atoms with Crippen LogP contribution in [-0.2, 0) is 22.8 Å². The lowest BCUT2D eigenvalue weighted by molar-refractivity contribution is 0.593. The second kappa shape index (κ2) is 2.63. The van der Waals surface area contributed by atoms with Crippen LogP contribution < -0.4 is 5.14 Å². The summed E-state index contributed by atoms with van der Waals surface area (Å²) < 4.78 is 22.7. The van der Waals surface area contributed by atoms with Crippen LogP contribution in [0, 0.1) is 0 Å². The molecule has 1 aromatic rings. The van der Waals surface area contributed by atoms with Gasteiger partial charge >= 0.3 is 0 Å². The summed E-state index contributed by atoms with van der Waals surface area (Å²) in [5, 5.41) is 8.62. The Morgan fingerprint density at radius 2 is 2.36 bits per heavy atom. The van der Waals surface area contributed by atoms with Gasteiger partial charge in [-0.25, -0.2) is 13.6 Å². The minimum absolute atomic E-state index is 0.163.